The van der Waals surface area contributed by atoms with Gasteiger partial charge < -0.3 is 20.3 Å². The molecule has 1 aromatic carbocycles. The van der Waals surface area contributed by atoms with Gasteiger partial charge in [-0.1, -0.05) is 26.0 Å². The van der Waals surface area contributed by atoms with Gasteiger partial charge in [0.2, 0.25) is 0 Å². The first kappa shape index (κ1) is 16.5. The van der Waals surface area contributed by atoms with Gasteiger partial charge in [0.15, 0.2) is 0 Å². The molecule has 0 saturated heterocycles. The summed E-state index contributed by atoms with van der Waals surface area (Å²) in [5.41, 5.74) is 6.65. The third-order valence-corrected chi connectivity index (χ3v) is 2.62. The lowest BCUT2D eigenvalue weighted by Gasteiger charge is -2.12. The first-order valence-corrected chi connectivity index (χ1v) is 6.77. The number of benzene rings is 1. The minimum absolute atomic E-state index is 0.187. The van der Waals surface area contributed by atoms with Crippen molar-refractivity contribution in [3.63, 3.8) is 0 Å². The van der Waals surface area contributed by atoms with Crippen LogP contribution in [0.3, 0.4) is 0 Å². The minimum Gasteiger partial charge on any atom is -0.508 e. The van der Waals surface area contributed by atoms with Crippen LogP contribution < -0.4 is 5.73 Å². The van der Waals surface area contributed by atoms with Crippen LogP contribution >= 0.6 is 0 Å². The first-order valence-electron chi connectivity index (χ1n) is 6.77. The standard InChI is InChI=1S/C15H23NO4/c1-11(2)10-19-7-8-20-15(18)14(16)9-12-3-5-13(17)6-4-12/h3-6,11,14,17H,7-10,16H2,1-2H3. The van der Waals surface area contributed by atoms with Gasteiger partial charge >= 0.3 is 5.97 Å². The van der Waals surface area contributed by atoms with E-state index >= 15 is 0 Å². The number of esters is 1. The van der Waals surface area contributed by atoms with Gasteiger partial charge in [-0.05, 0) is 30.0 Å². The Balaban J connectivity index is 2.23. The fourth-order valence-corrected chi connectivity index (χ4v) is 1.60. The summed E-state index contributed by atoms with van der Waals surface area (Å²) >= 11 is 0. The van der Waals surface area contributed by atoms with E-state index in [1.807, 2.05) is 0 Å². The molecule has 1 atom stereocenters. The van der Waals surface area contributed by atoms with Gasteiger partial charge in [-0.3, -0.25) is 4.79 Å². The van der Waals surface area contributed by atoms with Crippen molar-refractivity contribution in [1.82, 2.24) is 0 Å². The Morgan fingerprint density at radius 2 is 1.90 bits per heavy atom. The van der Waals surface area contributed by atoms with E-state index in [9.17, 15) is 4.79 Å². The van der Waals surface area contributed by atoms with E-state index in [2.05, 4.69) is 13.8 Å². The first-order chi connectivity index (χ1) is 9.49. The zero-order valence-corrected chi connectivity index (χ0v) is 12.0. The average Bonchev–Trinajstić information content (AvgIpc) is 2.40. The van der Waals surface area contributed by atoms with E-state index in [-0.39, 0.29) is 12.4 Å². The number of ether oxygens (including phenoxy) is 2. The quantitative estimate of drug-likeness (QED) is 0.557. The molecule has 20 heavy (non-hydrogen) atoms. The highest BCUT2D eigenvalue weighted by Gasteiger charge is 2.15. The van der Waals surface area contributed by atoms with E-state index in [1.165, 1.54) is 0 Å². The molecule has 0 aromatic heterocycles. The monoisotopic (exact) mass is 281 g/mol. The van der Waals surface area contributed by atoms with Crippen LogP contribution in [0.15, 0.2) is 24.3 Å². The molecule has 0 fully saturated rings. The number of phenolic OH excluding ortho intramolecular Hbond substituents is 1. The number of hydrogen-bond donors (Lipinski definition) is 2. The van der Waals surface area contributed by atoms with E-state index < -0.39 is 12.0 Å². The molecule has 1 rings (SSSR count). The van der Waals surface area contributed by atoms with Gasteiger partial charge in [0, 0.05) is 6.61 Å². The highest BCUT2D eigenvalue weighted by atomic mass is 16.6. The molecule has 0 aliphatic carbocycles. The second-order valence-corrected chi connectivity index (χ2v) is 5.11. The smallest absolute Gasteiger partial charge is 0.323 e. The van der Waals surface area contributed by atoms with E-state index in [4.69, 9.17) is 20.3 Å². The lowest BCUT2D eigenvalue weighted by atomic mass is 10.1. The van der Waals surface area contributed by atoms with Gasteiger partial charge in [-0.15, -0.1) is 0 Å². The largest absolute Gasteiger partial charge is 0.508 e. The van der Waals surface area contributed by atoms with Crippen LogP contribution in [0.5, 0.6) is 5.75 Å². The van der Waals surface area contributed by atoms with Crippen molar-refractivity contribution in [1.29, 1.82) is 0 Å². The number of rotatable bonds is 8. The molecule has 5 heteroatoms. The summed E-state index contributed by atoms with van der Waals surface area (Å²) < 4.78 is 10.4. The molecule has 5 nitrogen and oxygen atoms in total. The van der Waals surface area contributed by atoms with Crippen molar-refractivity contribution in [2.75, 3.05) is 19.8 Å². The SMILES string of the molecule is CC(C)COCCOC(=O)C(N)Cc1ccc(O)cc1. The number of carbonyl (C=O) groups excluding carboxylic acids is 1. The molecule has 0 heterocycles. The van der Waals surface area contributed by atoms with Crippen LogP contribution in [-0.2, 0) is 20.7 Å². The van der Waals surface area contributed by atoms with E-state index in [0.29, 0.717) is 25.6 Å². The molecular formula is C15H23NO4. The summed E-state index contributed by atoms with van der Waals surface area (Å²) in [7, 11) is 0. The molecule has 0 radical (unpaired) electrons. The van der Waals surface area contributed by atoms with E-state index in [0.717, 1.165) is 5.56 Å². The average molecular weight is 281 g/mol. The summed E-state index contributed by atoms with van der Waals surface area (Å²) in [5.74, 6) is 0.209. The Hall–Kier alpha value is -1.59. The molecule has 1 unspecified atom stereocenters. The molecule has 1 aromatic rings. The summed E-state index contributed by atoms with van der Waals surface area (Å²) in [6, 6.07) is 5.88. The van der Waals surface area contributed by atoms with Crippen molar-refractivity contribution in [3.05, 3.63) is 29.8 Å². The zero-order chi connectivity index (χ0) is 15.0. The van der Waals surface area contributed by atoms with Crippen LogP contribution in [0, 0.1) is 5.92 Å². The number of carbonyl (C=O) groups is 1. The van der Waals surface area contributed by atoms with Gasteiger partial charge in [0.1, 0.15) is 18.4 Å². The van der Waals surface area contributed by atoms with Crippen molar-refractivity contribution >= 4 is 5.97 Å². The van der Waals surface area contributed by atoms with Gasteiger partial charge in [-0.25, -0.2) is 0 Å². The molecule has 0 aliphatic rings. The van der Waals surface area contributed by atoms with Crippen molar-refractivity contribution in [2.24, 2.45) is 11.7 Å². The molecule has 0 aliphatic heterocycles. The lowest BCUT2D eigenvalue weighted by Crippen LogP contribution is -2.35. The molecule has 0 spiro atoms. The number of aromatic hydroxyl groups is 1. The maximum atomic E-state index is 11.7. The maximum absolute atomic E-state index is 11.7. The van der Waals surface area contributed by atoms with Crippen molar-refractivity contribution in [2.45, 2.75) is 26.3 Å². The predicted octanol–water partition coefficient (Wildman–Crippen LogP) is 1.48. The Morgan fingerprint density at radius 1 is 1.25 bits per heavy atom. The van der Waals surface area contributed by atoms with Gasteiger partial charge in [0.05, 0.1) is 6.61 Å². The molecule has 0 saturated carbocycles. The van der Waals surface area contributed by atoms with Crippen LogP contribution in [0.25, 0.3) is 0 Å². The van der Waals surface area contributed by atoms with Gasteiger partial charge in [0.25, 0.3) is 0 Å². The fourth-order valence-electron chi connectivity index (χ4n) is 1.60. The fraction of sp³-hybridized carbons (Fsp3) is 0.533. The Labute approximate surface area is 119 Å². The Kier molecular flexibility index (Phi) is 7.04. The molecule has 0 amide bonds. The Bertz CT molecular complexity index is 403. The third kappa shape index (κ3) is 6.54. The van der Waals surface area contributed by atoms with Crippen LogP contribution in [0.4, 0.5) is 0 Å². The normalized spacial score (nSPS) is 12.4. The highest BCUT2D eigenvalue weighted by molar-refractivity contribution is 5.75. The number of phenols is 1. The number of hydrogen-bond acceptors (Lipinski definition) is 5. The lowest BCUT2D eigenvalue weighted by molar-refractivity contribution is -0.146. The third-order valence-electron chi connectivity index (χ3n) is 2.62. The number of nitrogens with two attached hydrogens (primary N) is 1. The Morgan fingerprint density at radius 3 is 2.50 bits per heavy atom. The molecule has 0 bridgehead atoms. The highest BCUT2D eigenvalue weighted by Crippen LogP contribution is 2.11. The maximum Gasteiger partial charge on any atom is 0.323 e. The topological polar surface area (TPSA) is 81.8 Å². The van der Waals surface area contributed by atoms with Crippen LogP contribution in [-0.4, -0.2) is 36.9 Å². The van der Waals surface area contributed by atoms with Crippen LogP contribution in [0.2, 0.25) is 0 Å². The van der Waals surface area contributed by atoms with Crippen LogP contribution in [0.1, 0.15) is 19.4 Å². The summed E-state index contributed by atoms with van der Waals surface area (Å²) in [6.07, 6.45) is 0.381. The van der Waals surface area contributed by atoms with Gasteiger partial charge in [-0.2, -0.15) is 0 Å². The second-order valence-electron chi connectivity index (χ2n) is 5.11. The zero-order valence-electron chi connectivity index (χ0n) is 12.0. The summed E-state index contributed by atoms with van der Waals surface area (Å²) in [4.78, 5) is 11.7. The molecule has 3 N–H and O–H groups in total. The second kappa shape index (κ2) is 8.55. The predicted molar refractivity (Wildman–Crippen MR) is 76.4 cm³/mol. The summed E-state index contributed by atoms with van der Waals surface area (Å²) in [5, 5.41) is 9.17. The minimum atomic E-state index is -0.704. The summed E-state index contributed by atoms with van der Waals surface area (Å²) in [6.45, 7) is 5.36. The van der Waals surface area contributed by atoms with Crippen molar-refractivity contribution < 1.29 is 19.4 Å². The molecule has 112 valence electrons. The van der Waals surface area contributed by atoms with E-state index in [1.54, 1.807) is 24.3 Å². The van der Waals surface area contributed by atoms with Crippen molar-refractivity contribution in [3.8, 4) is 5.75 Å². The molecular weight excluding hydrogens is 258 g/mol.